The fraction of sp³-hybridized carbons (Fsp3) is 0.333. The molecule has 5 nitrogen and oxygen atoms in total. The molecule has 0 N–H and O–H groups in total. The molecular formula is C6H6ClN3O2. The molecule has 1 aromatic heterocycles. The van der Waals surface area contributed by atoms with Crippen molar-refractivity contribution < 1.29 is 9.53 Å². The predicted octanol–water partition coefficient (Wildman–Crippen LogP) is 0.702. The minimum Gasteiger partial charge on any atom is -0.461 e. The van der Waals surface area contributed by atoms with Gasteiger partial charge in [-0.2, -0.15) is 0 Å². The summed E-state index contributed by atoms with van der Waals surface area (Å²) >= 11 is 5.36. The molecule has 0 bridgehead atoms. The molecule has 0 aliphatic carbocycles. The number of esters is 1. The van der Waals surface area contributed by atoms with Crippen LogP contribution in [0.4, 0.5) is 0 Å². The minimum atomic E-state index is -0.547. The van der Waals surface area contributed by atoms with Crippen molar-refractivity contribution >= 4 is 17.6 Å². The summed E-state index contributed by atoms with van der Waals surface area (Å²) in [7, 11) is 0. The number of nitrogens with zero attached hydrogens (tertiary/aromatic N) is 3. The lowest BCUT2D eigenvalue weighted by molar-refractivity contribution is 0.0517. The monoisotopic (exact) mass is 187 g/mol. The Kier molecular flexibility index (Phi) is 2.93. The molecule has 0 unspecified atom stereocenters. The van der Waals surface area contributed by atoms with Gasteiger partial charge in [-0.05, 0) is 18.5 Å². The number of hydrogen-bond donors (Lipinski definition) is 0. The lowest BCUT2D eigenvalue weighted by atomic mass is 10.5. The quantitative estimate of drug-likeness (QED) is 0.638. The first-order chi connectivity index (χ1) is 5.74. The van der Waals surface area contributed by atoms with Crippen molar-refractivity contribution in [3.05, 3.63) is 17.2 Å². The van der Waals surface area contributed by atoms with E-state index in [1.54, 1.807) is 6.92 Å². The number of rotatable bonds is 2. The van der Waals surface area contributed by atoms with Gasteiger partial charge in [-0.25, -0.2) is 9.78 Å². The molecule has 0 aromatic carbocycles. The Hall–Kier alpha value is -1.23. The normalized spacial score (nSPS) is 9.50. The molecule has 0 atom stereocenters. The van der Waals surface area contributed by atoms with Gasteiger partial charge in [0.1, 0.15) is 0 Å². The van der Waals surface area contributed by atoms with Crippen LogP contribution in [0.25, 0.3) is 0 Å². The summed E-state index contributed by atoms with van der Waals surface area (Å²) in [6.07, 6.45) is 1.22. The number of aromatic nitrogens is 3. The standard InChI is InChI=1S/C6H6ClN3O2/c1-2-12-5(11)4-3-8-6(7)10-9-4/h3H,2H2,1H3. The van der Waals surface area contributed by atoms with Gasteiger partial charge in [-0.3, -0.25) is 0 Å². The summed E-state index contributed by atoms with van der Waals surface area (Å²) in [5.74, 6) is -0.547. The lowest BCUT2D eigenvalue weighted by Crippen LogP contribution is -2.08. The van der Waals surface area contributed by atoms with Crippen LogP contribution in [0.15, 0.2) is 6.20 Å². The van der Waals surface area contributed by atoms with E-state index >= 15 is 0 Å². The summed E-state index contributed by atoms with van der Waals surface area (Å²) in [5.41, 5.74) is 0.0567. The Labute approximate surface area is 73.7 Å². The third-order valence-electron chi connectivity index (χ3n) is 1.02. The zero-order valence-electron chi connectivity index (χ0n) is 6.32. The number of hydrogen-bond acceptors (Lipinski definition) is 5. The SMILES string of the molecule is CCOC(=O)c1cnc(Cl)nn1. The van der Waals surface area contributed by atoms with Crippen LogP contribution in [0.5, 0.6) is 0 Å². The maximum absolute atomic E-state index is 10.9. The maximum Gasteiger partial charge on any atom is 0.360 e. The Bertz CT molecular complexity index is 275. The van der Waals surface area contributed by atoms with E-state index in [1.165, 1.54) is 6.20 Å². The van der Waals surface area contributed by atoms with Crippen molar-refractivity contribution in [3.63, 3.8) is 0 Å². The lowest BCUT2D eigenvalue weighted by Gasteiger charge is -1.97. The van der Waals surface area contributed by atoms with Crippen LogP contribution in [-0.2, 0) is 4.74 Å². The van der Waals surface area contributed by atoms with Crippen LogP contribution in [0.2, 0.25) is 5.28 Å². The molecule has 0 radical (unpaired) electrons. The van der Waals surface area contributed by atoms with Gasteiger partial charge < -0.3 is 4.74 Å². The van der Waals surface area contributed by atoms with E-state index in [0.29, 0.717) is 6.61 Å². The molecule has 1 aromatic rings. The number of ether oxygens (including phenoxy) is 1. The molecule has 0 amide bonds. The van der Waals surface area contributed by atoms with Crippen LogP contribution in [0, 0.1) is 0 Å². The molecule has 0 fully saturated rings. The van der Waals surface area contributed by atoms with Crippen LogP contribution in [0.1, 0.15) is 17.4 Å². The largest absolute Gasteiger partial charge is 0.461 e. The van der Waals surface area contributed by atoms with Crippen LogP contribution in [-0.4, -0.2) is 27.8 Å². The second kappa shape index (κ2) is 3.96. The first kappa shape index (κ1) is 8.86. The Morgan fingerprint density at radius 2 is 2.42 bits per heavy atom. The number of carbonyl (C=O) groups is 1. The maximum atomic E-state index is 10.9. The number of carbonyl (C=O) groups excluding carboxylic acids is 1. The highest BCUT2D eigenvalue weighted by atomic mass is 35.5. The van der Waals surface area contributed by atoms with E-state index in [4.69, 9.17) is 11.6 Å². The average Bonchev–Trinajstić information content (AvgIpc) is 2.06. The summed E-state index contributed by atoms with van der Waals surface area (Å²) < 4.78 is 4.64. The van der Waals surface area contributed by atoms with Crippen molar-refractivity contribution in [1.82, 2.24) is 15.2 Å². The summed E-state index contributed by atoms with van der Waals surface area (Å²) in [6, 6.07) is 0. The minimum absolute atomic E-state index is 0.00282. The van der Waals surface area contributed by atoms with Crippen molar-refractivity contribution in [2.24, 2.45) is 0 Å². The topological polar surface area (TPSA) is 65.0 Å². The fourth-order valence-corrected chi connectivity index (χ4v) is 0.646. The van der Waals surface area contributed by atoms with Gasteiger partial charge in [0.2, 0.25) is 5.28 Å². The van der Waals surface area contributed by atoms with Gasteiger partial charge in [0.05, 0.1) is 12.8 Å². The van der Waals surface area contributed by atoms with Crippen molar-refractivity contribution in [1.29, 1.82) is 0 Å². The van der Waals surface area contributed by atoms with Crippen molar-refractivity contribution in [2.75, 3.05) is 6.61 Å². The zero-order valence-corrected chi connectivity index (χ0v) is 7.08. The smallest absolute Gasteiger partial charge is 0.360 e. The first-order valence-corrected chi connectivity index (χ1v) is 3.64. The van der Waals surface area contributed by atoms with Crippen LogP contribution >= 0.6 is 11.6 Å². The molecule has 1 rings (SSSR count). The molecule has 0 aliphatic rings. The highest BCUT2D eigenvalue weighted by Crippen LogP contribution is 1.98. The molecular weight excluding hydrogens is 182 g/mol. The van der Waals surface area contributed by atoms with Crippen molar-refractivity contribution in [3.8, 4) is 0 Å². The molecule has 1 heterocycles. The second-order valence-electron chi connectivity index (χ2n) is 1.83. The predicted molar refractivity (Wildman–Crippen MR) is 40.8 cm³/mol. The van der Waals surface area contributed by atoms with Crippen LogP contribution in [0.3, 0.4) is 0 Å². The van der Waals surface area contributed by atoms with Gasteiger partial charge in [0, 0.05) is 0 Å². The van der Waals surface area contributed by atoms with E-state index in [0.717, 1.165) is 0 Å². The summed E-state index contributed by atoms with van der Waals surface area (Å²) in [6.45, 7) is 2.00. The highest BCUT2D eigenvalue weighted by Gasteiger charge is 2.08. The molecule has 0 aliphatic heterocycles. The molecule has 12 heavy (non-hydrogen) atoms. The van der Waals surface area contributed by atoms with Gasteiger partial charge in [0.25, 0.3) is 0 Å². The molecule has 0 saturated heterocycles. The van der Waals surface area contributed by atoms with E-state index in [2.05, 4.69) is 19.9 Å². The van der Waals surface area contributed by atoms with E-state index < -0.39 is 5.97 Å². The summed E-state index contributed by atoms with van der Waals surface area (Å²) in [5, 5.41) is 6.87. The van der Waals surface area contributed by atoms with E-state index in [1.807, 2.05) is 0 Å². The van der Waals surface area contributed by atoms with Gasteiger partial charge in [0.15, 0.2) is 5.69 Å². The molecule has 0 spiro atoms. The Morgan fingerprint density at radius 1 is 1.67 bits per heavy atom. The zero-order chi connectivity index (χ0) is 8.97. The molecule has 6 heteroatoms. The molecule has 64 valence electrons. The van der Waals surface area contributed by atoms with E-state index in [9.17, 15) is 4.79 Å². The third-order valence-corrected chi connectivity index (χ3v) is 1.19. The average molecular weight is 188 g/mol. The van der Waals surface area contributed by atoms with Gasteiger partial charge in [-0.1, -0.05) is 0 Å². The molecule has 0 saturated carbocycles. The number of halogens is 1. The van der Waals surface area contributed by atoms with Crippen molar-refractivity contribution in [2.45, 2.75) is 6.92 Å². The Balaban J connectivity index is 2.75. The first-order valence-electron chi connectivity index (χ1n) is 3.26. The van der Waals surface area contributed by atoms with E-state index in [-0.39, 0.29) is 11.0 Å². The van der Waals surface area contributed by atoms with Crippen LogP contribution < -0.4 is 0 Å². The Morgan fingerprint density at radius 3 is 2.92 bits per heavy atom. The highest BCUT2D eigenvalue weighted by molar-refractivity contribution is 6.28. The third kappa shape index (κ3) is 2.13. The van der Waals surface area contributed by atoms with Gasteiger partial charge in [-0.15, -0.1) is 10.2 Å². The summed E-state index contributed by atoms with van der Waals surface area (Å²) in [4.78, 5) is 14.5. The fourth-order valence-electron chi connectivity index (χ4n) is 0.560. The van der Waals surface area contributed by atoms with Gasteiger partial charge >= 0.3 is 5.97 Å². The second-order valence-corrected chi connectivity index (χ2v) is 2.17.